The van der Waals surface area contributed by atoms with Gasteiger partial charge in [0.25, 0.3) is 0 Å². The highest BCUT2D eigenvalue weighted by Crippen LogP contribution is 2.23. The Kier molecular flexibility index (Phi) is 3.61. The van der Waals surface area contributed by atoms with E-state index in [1.54, 1.807) is 11.4 Å². The molecule has 0 saturated carbocycles. The van der Waals surface area contributed by atoms with Gasteiger partial charge in [0.15, 0.2) is 17.5 Å². The summed E-state index contributed by atoms with van der Waals surface area (Å²) in [5.41, 5.74) is 0.576. The molecule has 3 rings (SSSR count). The Labute approximate surface area is 120 Å². The second-order valence-electron chi connectivity index (χ2n) is 4.88. The van der Waals surface area contributed by atoms with Gasteiger partial charge in [0.05, 0.1) is 6.07 Å². The molecule has 3 heterocycles. The van der Waals surface area contributed by atoms with E-state index in [1.807, 2.05) is 9.95 Å². The van der Waals surface area contributed by atoms with E-state index in [1.165, 1.54) is 11.3 Å². The highest BCUT2D eigenvalue weighted by molar-refractivity contribution is 7.08. The molecule has 0 amide bonds. The lowest BCUT2D eigenvalue weighted by molar-refractivity contribution is 0.0975. The van der Waals surface area contributed by atoms with E-state index in [-0.39, 0.29) is 5.78 Å². The van der Waals surface area contributed by atoms with E-state index >= 15 is 0 Å². The number of Topliss-reactive ketones (excluding diaryl/α,β-unsaturated/α-hetero) is 1. The lowest BCUT2D eigenvalue weighted by Crippen LogP contribution is -2.17. The Morgan fingerprint density at radius 3 is 3.05 bits per heavy atom. The molecular formula is C14H14N4OS. The number of carbonyl (C=O) groups is 1. The van der Waals surface area contributed by atoms with Crippen molar-refractivity contribution in [3.63, 3.8) is 0 Å². The minimum absolute atomic E-state index is 0.187. The fraction of sp³-hybridized carbons (Fsp3) is 0.429. The molecule has 0 bridgehead atoms. The van der Waals surface area contributed by atoms with Crippen LogP contribution in [0.5, 0.6) is 0 Å². The maximum Gasteiger partial charge on any atom is 0.188 e. The molecule has 0 aromatic carbocycles. The molecule has 1 atom stereocenters. The van der Waals surface area contributed by atoms with Crippen molar-refractivity contribution in [1.82, 2.24) is 14.8 Å². The summed E-state index contributed by atoms with van der Waals surface area (Å²) in [6.45, 7) is 0.798. The third-order valence-corrected chi connectivity index (χ3v) is 4.28. The van der Waals surface area contributed by atoms with Crippen molar-refractivity contribution in [2.45, 2.75) is 38.1 Å². The van der Waals surface area contributed by atoms with Crippen LogP contribution in [0.4, 0.5) is 0 Å². The summed E-state index contributed by atoms with van der Waals surface area (Å²) >= 11 is 1.45. The molecule has 20 heavy (non-hydrogen) atoms. The lowest BCUT2D eigenvalue weighted by atomic mass is 10.0. The number of nitriles is 1. The van der Waals surface area contributed by atoms with Crippen LogP contribution in [0, 0.1) is 11.3 Å². The summed E-state index contributed by atoms with van der Waals surface area (Å²) < 4.78 is 1.96. The maximum absolute atomic E-state index is 12.4. The number of aromatic nitrogens is 3. The van der Waals surface area contributed by atoms with Crippen LogP contribution in [0.2, 0.25) is 0 Å². The van der Waals surface area contributed by atoms with Crippen molar-refractivity contribution in [3.8, 4) is 6.07 Å². The molecule has 6 heteroatoms. The molecule has 0 saturated heterocycles. The minimum atomic E-state index is -0.857. The standard InChI is InChI=1S/C14H14N4OS/c15-8-11(13(19)10-5-7-20-9-10)14-17-16-12-4-2-1-3-6-18(12)14/h5,7,9,11H,1-4,6H2. The van der Waals surface area contributed by atoms with Gasteiger partial charge in [-0.25, -0.2) is 0 Å². The number of hydrogen-bond donors (Lipinski definition) is 0. The van der Waals surface area contributed by atoms with Gasteiger partial charge < -0.3 is 4.57 Å². The van der Waals surface area contributed by atoms with Crippen molar-refractivity contribution >= 4 is 17.1 Å². The summed E-state index contributed by atoms with van der Waals surface area (Å²) in [6, 6.07) is 3.84. The predicted octanol–water partition coefficient (Wildman–Crippen LogP) is 2.56. The van der Waals surface area contributed by atoms with Crippen LogP contribution in [-0.2, 0) is 13.0 Å². The molecule has 0 spiro atoms. The average molecular weight is 286 g/mol. The summed E-state index contributed by atoms with van der Waals surface area (Å²) in [4.78, 5) is 12.4. The second-order valence-corrected chi connectivity index (χ2v) is 5.66. The Morgan fingerprint density at radius 2 is 2.30 bits per heavy atom. The number of rotatable bonds is 3. The van der Waals surface area contributed by atoms with E-state index in [4.69, 9.17) is 0 Å². The zero-order valence-electron chi connectivity index (χ0n) is 11.0. The Balaban J connectivity index is 1.96. The first-order valence-corrected chi connectivity index (χ1v) is 7.63. The van der Waals surface area contributed by atoms with Crippen LogP contribution in [0.15, 0.2) is 16.8 Å². The molecule has 0 N–H and O–H groups in total. The number of ketones is 1. The molecule has 1 aliphatic rings. The van der Waals surface area contributed by atoms with Crippen LogP contribution in [0.1, 0.15) is 47.2 Å². The van der Waals surface area contributed by atoms with Gasteiger partial charge in [-0.05, 0) is 24.3 Å². The van der Waals surface area contributed by atoms with Gasteiger partial charge in [0.2, 0.25) is 0 Å². The van der Waals surface area contributed by atoms with E-state index < -0.39 is 5.92 Å². The molecule has 5 nitrogen and oxygen atoms in total. The third-order valence-electron chi connectivity index (χ3n) is 3.59. The topological polar surface area (TPSA) is 71.6 Å². The Bertz CT molecular complexity index is 653. The first-order valence-electron chi connectivity index (χ1n) is 6.69. The normalized spacial score (nSPS) is 15.9. The van der Waals surface area contributed by atoms with Gasteiger partial charge in [-0.3, -0.25) is 4.79 Å². The van der Waals surface area contributed by atoms with Gasteiger partial charge in [0, 0.05) is 23.9 Å². The van der Waals surface area contributed by atoms with Gasteiger partial charge in [-0.2, -0.15) is 16.6 Å². The third kappa shape index (κ3) is 2.25. The summed E-state index contributed by atoms with van der Waals surface area (Å²) in [6.07, 6.45) is 4.16. The highest BCUT2D eigenvalue weighted by Gasteiger charge is 2.29. The second kappa shape index (κ2) is 5.55. The van der Waals surface area contributed by atoms with Gasteiger partial charge in [-0.15, -0.1) is 10.2 Å². The van der Waals surface area contributed by atoms with E-state index in [9.17, 15) is 10.1 Å². The largest absolute Gasteiger partial charge is 0.313 e. The van der Waals surface area contributed by atoms with Crippen molar-refractivity contribution in [3.05, 3.63) is 34.0 Å². The van der Waals surface area contributed by atoms with Crippen molar-refractivity contribution in [1.29, 1.82) is 5.26 Å². The van der Waals surface area contributed by atoms with E-state index in [0.29, 0.717) is 11.4 Å². The van der Waals surface area contributed by atoms with Gasteiger partial charge in [0.1, 0.15) is 5.82 Å². The molecule has 0 aliphatic carbocycles. The van der Waals surface area contributed by atoms with Crippen molar-refractivity contribution in [2.75, 3.05) is 0 Å². The summed E-state index contributed by atoms with van der Waals surface area (Å²) in [5, 5.41) is 21.3. The molecule has 1 aliphatic heterocycles. The zero-order chi connectivity index (χ0) is 13.9. The zero-order valence-corrected chi connectivity index (χ0v) is 11.8. The van der Waals surface area contributed by atoms with Crippen molar-refractivity contribution in [2.24, 2.45) is 0 Å². The van der Waals surface area contributed by atoms with Gasteiger partial charge >= 0.3 is 0 Å². The molecule has 2 aromatic heterocycles. The minimum Gasteiger partial charge on any atom is -0.313 e. The van der Waals surface area contributed by atoms with Crippen LogP contribution in [0.25, 0.3) is 0 Å². The molecule has 1 unspecified atom stereocenters. The van der Waals surface area contributed by atoms with Crippen LogP contribution < -0.4 is 0 Å². The predicted molar refractivity (Wildman–Crippen MR) is 74.6 cm³/mol. The lowest BCUT2D eigenvalue weighted by Gasteiger charge is -2.10. The van der Waals surface area contributed by atoms with E-state index in [0.717, 1.165) is 38.1 Å². The molecule has 2 aromatic rings. The quantitative estimate of drug-likeness (QED) is 0.813. The first-order chi connectivity index (χ1) is 9.81. The Hall–Kier alpha value is -2.00. The molecule has 0 fully saturated rings. The summed E-state index contributed by atoms with van der Waals surface area (Å²) in [7, 11) is 0. The fourth-order valence-electron chi connectivity index (χ4n) is 2.53. The smallest absolute Gasteiger partial charge is 0.188 e. The number of fused-ring (bicyclic) bond motifs is 1. The molecule has 102 valence electrons. The van der Waals surface area contributed by atoms with Crippen LogP contribution in [0.3, 0.4) is 0 Å². The van der Waals surface area contributed by atoms with Crippen LogP contribution in [-0.4, -0.2) is 20.5 Å². The number of carbonyl (C=O) groups excluding carboxylic acids is 1. The SMILES string of the molecule is N#CC(C(=O)c1ccsc1)c1nnc2n1CCCCC2. The number of aryl methyl sites for hydroxylation is 1. The van der Waals surface area contributed by atoms with E-state index in [2.05, 4.69) is 16.3 Å². The maximum atomic E-state index is 12.4. The van der Waals surface area contributed by atoms with Gasteiger partial charge in [-0.1, -0.05) is 6.42 Å². The molecular weight excluding hydrogens is 272 g/mol. The van der Waals surface area contributed by atoms with Crippen LogP contribution >= 0.6 is 11.3 Å². The highest BCUT2D eigenvalue weighted by atomic mass is 32.1. The summed E-state index contributed by atoms with van der Waals surface area (Å²) in [5.74, 6) is 0.355. The number of thiophene rings is 1. The number of nitrogens with zero attached hydrogens (tertiary/aromatic N) is 4. The monoisotopic (exact) mass is 286 g/mol. The molecule has 0 radical (unpaired) electrons. The van der Waals surface area contributed by atoms with Crippen molar-refractivity contribution < 1.29 is 4.79 Å². The fourth-order valence-corrected chi connectivity index (χ4v) is 3.17. The Morgan fingerprint density at radius 1 is 1.40 bits per heavy atom. The average Bonchev–Trinajstić information content (AvgIpc) is 3.06. The first kappa shape index (κ1) is 13.0. The number of hydrogen-bond acceptors (Lipinski definition) is 5.